The molecule has 1 aromatic heterocycles. The van der Waals surface area contributed by atoms with Crippen molar-refractivity contribution in [1.82, 2.24) is 14.3 Å². The summed E-state index contributed by atoms with van der Waals surface area (Å²) in [7, 11) is -3.17. The van der Waals surface area contributed by atoms with Gasteiger partial charge in [0.05, 0.1) is 18.1 Å². The molecule has 122 valence electrons. The molecule has 1 aliphatic heterocycles. The lowest BCUT2D eigenvalue weighted by molar-refractivity contribution is 0.312. The van der Waals surface area contributed by atoms with Gasteiger partial charge in [-0.1, -0.05) is 18.2 Å². The zero-order valence-electron chi connectivity index (χ0n) is 12.9. The largest absolute Gasteiger partial charge is 0.437 e. The van der Waals surface area contributed by atoms with Crippen molar-refractivity contribution in [2.24, 2.45) is 0 Å². The van der Waals surface area contributed by atoms with Crippen LogP contribution >= 0.6 is 0 Å². The van der Waals surface area contributed by atoms with Crippen molar-refractivity contribution >= 4 is 10.0 Å². The molecule has 0 amide bonds. The molecule has 0 radical (unpaired) electrons. The summed E-state index contributed by atoms with van der Waals surface area (Å²) in [6.07, 6.45) is 6.22. The zero-order chi connectivity index (χ0) is 16.3. The number of sulfonamides is 1. The van der Waals surface area contributed by atoms with Gasteiger partial charge in [-0.3, -0.25) is 4.98 Å². The van der Waals surface area contributed by atoms with Crippen molar-refractivity contribution in [2.45, 2.75) is 18.8 Å². The maximum absolute atomic E-state index is 11.7. The lowest BCUT2D eigenvalue weighted by Gasteiger charge is -2.30. The molecular weight excluding hydrogens is 314 g/mol. The number of hydrogen-bond donors (Lipinski definition) is 0. The molecule has 0 unspecified atom stereocenters. The van der Waals surface area contributed by atoms with Gasteiger partial charge in [-0.15, -0.1) is 0 Å². The lowest BCUT2D eigenvalue weighted by atomic mass is 9.96. The monoisotopic (exact) mass is 333 g/mol. The standard InChI is InChI=1S/C16H19N3O3S/c1-23(20,21)19-9-5-6-13(12-19)15-10-17-11-16(18-15)22-14-7-3-2-4-8-14/h2-4,7-8,10-11,13H,5-6,9,12H2,1H3/t13-/m1/s1. The average molecular weight is 333 g/mol. The van der Waals surface area contributed by atoms with E-state index >= 15 is 0 Å². The summed E-state index contributed by atoms with van der Waals surface area (Å²) in [6, 6.07) is 9.38. The van der Waals surface area contributed by atoms with Gasteiger partial charge in [0.1, 0.15) is 5.75 Å². The van der Waals surface area contributed by atoms with Crippen molar-refractivity contribution in [3.63, 3.8) is 0 Å². The predicted octanol–water partition coefficient (Wildman–Crippen LogP) is 2.41. The Balaban J connectivity index is 1.77. The molecule has 1 aliphatic rings. The second-order valence-corrected chi connectivity index (χ2v) is 7.64. The Labute approximate surface area is 136 Å². The maximum atomic E-state index is 11.7. The van der Waals surface area contributed by atoms with E-state index in [-0.39, 0.29) is 5.92 Å². The Kier molecular flexibility index (Phi) is 4.58. The summed E-state index contributed by atoms with van der Waals surface area (Å²) < 4.78 is 30.7. The van der Waals surface area contributed by atoms with E-state index in [4.69, 9.17) is 4.74 Å². The predicted molar refractivity (Wildman–Crippen MR) is 86.9 cm³/mol. The van der Waals surface area contributed by atoms with Crippen molar-refractivity contribution in [1.29, 1.82) is 0 Å². The Morgan fingerprint density at radius 2 is 2.00 bits per heavy atom. The van der Waals surface area contributed by atoms with Gasteiger partial charge >= 0.3 is 0 Å². The highest BCUT2D eigenvalue weighted by Crippen LogP contribution is 2.28. The number of piperidine rings is 1. The molecule has 0 spiro atoms. The van der Waals surface area contributed by atoms with E-state index < -0.39 is 10.0 Å². The smallest absolute Gasteiger partial charge is 0.238 e. The molecule has 1 fully saturated rings. The van der Waals surface area contributed by atoms with Crippen LogP contribution in [0.3, 0.4) is 0 Å². The molecule has 2 aromatic rings. The van der Waals surface area contributed by atoms with Crippen molar-refractivity contribution < 1.29 is 13.2 Å². The number of aromatic nitrogens is 2. The summed E-state index contributed by atoms with van der Waals surface area (Å²) in [5.41, 5.74) is 0.770. The molecule has 1 aromatic carbocycles. The second-order valence-electron chi connectivity index (χ2n) is 5.66. The van der Waals surface area contributed by atoms with E-state index in [1.54, 1.807) is 12.4 Å². The van der Waals surface area contributed by atoms with Crippen LogP contribution < -0.4 is 4.74 Å². The normalized spacial score (nSPS) is 19.4. The first-order chi connectivity index (χ1) is 11.0. The van der Waals surface area contributed by atoms with E-state index in [2.05, 4.69) is 9.97 Å². The third-order valence-corrected chi connectivity index (χ3v) is 5.14. The van der Waals surface area contributed by atoms with Gasteiger partial charge in [0, 0.05) is 25.2 Å². The minimum absolute atomic E-state index is 0.0466. The topological polar surface area (TPSA) is 72.4 Å². The SMILES string of the molecule is CS(=O)(=O)N1CCC[C@@H](c2cncc(Oc3ccccc3)n2)C1. The molecule has 1 atom stereocenters. The first kappa shape index (κ1) is 15.9. The molecule has 3 rings (SSSR count). The van der Waals surface area contributed by atoms with E-state index in [1.807, 2.05) is 30.3 Å². The van der Waals surface area contributed by atoms with Crippen molar-refractivity contribution in [3.8, 4) is 11.6 Å². The first-order valence-corrected chi connectivity index (χ1v) is 9.37. The van der Waals surface area contributed by atoms with Crippen LogP contribution in [0.25, 0.3) is 0 Å². The van der Waals surface area contributed by atoms with Crippen LogP contribution in [0, 0.1) is 0 Å². The van der Waals surface area contributed by atoms with Crippen LogP contribution in [0.5, 0.6) is 11.6 Å². The highest BCUT2D eigenvalue weighted by atomic mass is 32.2. The number of para-hydroxylation sites is 1. The number of rotatable bonds is 4. The highest BCUT2D eigenvalue weighted by molar-refractivity contribution is 7.88. The van der Waals surface area contributed by atoms with Crippen LogP contribution in [0.4, 0.5) is 0 Å². The summed E-state index contributed by atoms with van der Waals surface area (Å²) in [5, 5.41) is 0. The van der Waals surface area contributed by atoms with Gasteiger partial charge in [0.2, 0.25) is 15.9 Å². The summed E-state index contributed by atoms with van der Waals surface area (Å²) in [5.74, 6) is 1.16. The van der Waals surface area contributed by atoms with Crippen LogP contribution in [-0.2, 0) is 10.0 Å². The quantitative estimate of drug-likeness (QED) is 0.859. The number of benzene rings is 1. The maximum Gasteiger partial charge on any atom is 0.238 e. The van der Waals surface area contributed by atoms with Crippen LogP contribution in [0.2, 0.25) is 0 Å². The molecule has 0 N–H and O–H groups in total. The Morgan fingerprint density at radius 3 is 2.74 bits per heavy atom. The fourth-order valence-corrected chi connectivity index (χ4v) is 3.61. The van der Waals surface area contributed by atoms with Gasteiger partial charge in [0.25, 0.3) is 0 Å². The molecule has 1 saturated heterocycles. The molecule has 23 heavy (non-hydrogen) atoms. The van der Waals surface area contributed by atoms with Gasteiger partial charge in [-0.25, -0.2) is 17.7 Å². The molecule has 2 heterocycles. The highest BCUT2D eigenvalue weighted by Gasteiger charge is 2.28. The third kappa shape index (κ3) is 4.05. The van der Waals surface area contributed by atoms with Crippen LogP contribution in [-0.4, -0.2) is 42.0 Å². The molecule has 0 bridgehead atoms. The third-order valence-electron chi connectivity index (χ3n) is 3.87. The molecule has 0 saturated carbocycles. The summed E-state index contributed by atoms with van der Waals surface area (Å²) in [4.78, 5) is 8.69. The molecule has 0 aliphatic carbocycles. The van der Waals surface area contributed by atoms with Crippen LogP contribution in [0.15, 0.2) is 42.7 Å². The average Bonchev–Trinajstić information content (AvgIpc) is 2.55. The van der Waals surface area contributed by atoms with Gasteiger partial charge in [-0.2, -0.15) is 0 Å². The van der Waals surface area contributed by atoms with E-state index in [0.29, 0.717) is 24.7 Å². The van der Waals surface area contributed by atoms with Gasteiger partial charge in [0.15, 0.2) is 0 Å². The number of nitrogens with zero attached hydrogens (tertiary/aromatic N) is 3. The van der Waals surface area contributed by atoms with Gasteiger partial charge < -0.3 is 4.74 Å². The fraction of sp³-hybridized carbons (Fsp3) is 0.375. The summed E-state index contributed by atoms with van der Waals surface area (Å²) in [6.45, 7) is 1.02. The minimum Gasteiger partial charge on any atom is -0.437 e. The van der Waals surface area contributed by atoms with Gasteiger partial charge in [-0.05, 0) is 25.0 Å². The minimum atomic E-state index is -3.17. The summed E-state index contributed by atoms with van der Waals surface area (Å²) >= 11 is 0. The second kappa shape index (κ2) is 6.64. The Morgan fingerprint density at radius 1 is 1.22 bits per heavy atom. The van der Waals surface area contributed by atoms with Crippen LogP contribution in [0.1, 0.15) is 24.5 Å². The molecule has 7 heteroatoms. The number of ether oxygens (including phenoxy) is 1. The van der Waals surface area contributed by atoms with E-state index in [0.717, 1.165) is 18.5 Å². The Bertz CT molecular complexity index is 765. The molecule has 6 nitrogen and oxygen atoms in total. The Hall–Kier alpha value is -1.99. The first-order valence-electron chi connectivity index (χ1n) is 7.52. The van der Waals surface area contributed by atoms with Crippen molar-refractivity contribution in [2.75, 3.05) is 19.3 Å². The van der Waals surface area contributed by atoms with E-state index in [9.17, 15) is 8.42 Å². The van der Waals surface area contributed by atoms with E-state index in [1.165, 1.54) is 10.6 Å². The number of hydrogen-bond acceptors (Lipinski definition) is 5. The molecular formula is C16H19N3O3S. The lowest BCUT2D eigenvalue weighted by Crippen LogP contribution is -2.38. The zero-order valence-corrected chi connectivity index (χ0v) is 13.7. The van der Waals surface area contributed by atoms with Crippen molar-refractivity contribution in [3.05, 3.63) is 48.4 Å². The fourth-order valence-electron chi connectivity index (χ4n) is 2.70.